The predicted molar refractivity (Wildman–Crippen MR) is 69.6 cm³/mol. The number of allylic oxidation sites excluding steroid dienone is 1. The van der Waals surface area contributed by atoms with Gasteiger partial charge in [-0.2, -0.15) is 0 Å². The molecule has 3 aliphatic rings. The van der Waals surface area contributed by atoms with Crippen LogP contribution in [0, 0.1) is 5.92 Å². The molecule has 4 heteroatoms. The van der Waals surface area contributed by atoms with Crippen LogP contribution in [-0.4, -0.2) is 34.0 Å². The van der Waals surface area contributed by atoms with Crippen LogP contribution in [0.4, 0.5) is 0 Å². The minimum atomic E-state index is 0.253. The molecule has 0 radical (unpaired) electrons. The van der Waals surface area contributed by atoms with E-state index >= 15 is 0 Å². The second kappa shape index (κ2) is 4.37. The summed E-state index contributed by atoms with van der Waals surface area (Å²) in [4.78, 5) is 2.25. The van der Waals surface area contributed by atoms with E-state index in [0.29, 0.717) is 5.92 Å². The first kappa shape index (κ1) is 11.1. The van der Waals surface area contributed by atoms with Crippen molar-refractivity contribution in [1.82, 2.24) is 4.90 Å². The highest BCUT2D eigenvalue weighted by atomic mass is 16.4. The quantitative estimate of drug-likeness (QED) is 0.588. The van der Waals surface area contributed by atoms with Crippen molar-refractivity contribution < 1.29 is 10.3 Å². The summed E-state index contributed by atoms with van der Waals surface area (Å²) in [6.45, 7) is 2.04. The first-order valence-corrected chi connectivity index (χ1v) is 6.26. The van der Waals surface area contributed by atoms with Crippen molar-refractivity contribution in [3.05, 3.63) is 35.5 Å². The topological polar surface area (TPSA) is 56.1 Å². The molecule has 4 rings (SSSR count). The zero-order valence-corrected chi connectivity index (χ0v) is 10.1. The van der Waals surface area contributed by atoms with Gasteiger partial charge in [-0.05, 0) is 36.6 Å². The summed E-state index contributed by atoms with van der Waals surface area (Å²) in [5.41, 5.74) is 2.71. The molecular formula is C14H16N2O2. The van der Waals surface area contributed by atoms with E-state index < -0.39 is 0 Å². The largest absolute Gasteiger partial charge is 0.508 e. The molecule has 3 saturated heterocycles. The van der Waals surface area contributed by atoms with Gasteiger partial charge in [-0.25, -0.2) is 0 Å². The summed E-state index contributed by atoms with van der Waals surface area (Å²) >= 11 is 0. The molecule has 0 saturated carbocycles. The minimum absolute atomic E-state index is 0.253. The fraction of sp³-hybridized carbons (Fsp3) is 0.357. The minimum Gasteiger partial charge on any atom is -0.508 e. The van der Waals surface area contributed by atoms with Crippen LogP contribution in [0.1, 0.15) is 18.4 Å². The van der Waals surface area contributed by atoms with Gasteiger partial charge in [0.2, 0.25) is 0 Å². The van der Waals surface area contributed by atoms with Gasteiger partial charge in [0, 0.05) is 19.0 Å². The standard InChI is InChI=1S/C14H16N2O2/c17-12-3-1-2-10(8-12)9-13-14(15-18)11-4-6-16(13)7-5-11/h1-3,8-9,11,17-18H,4-7H2. The summed E-state index contributed by atoms with van der Waals surface area (Å²) in [7, 11) is 0. The van der Waals surface area contributed by atoms with E-state index in [1.165, 1.54) is 0 Å². The fourth-order valence-electron chi connectivity index (χ4n) is 2.84. The van der Waals surface area contributed by atoms with Crippen LogP contribution < -0.4 is 0 Å². The van der Waals surface area contributed by atoms with Gasteiger partial charge in [-0.3, -0.25) is 0 Å². The van der Waals surface area contributed by atoms with Gasteiger partial charge in [0.05, 0.1) is 5.70 Å². The summed E-state index contributed by atoms with van der Waals surface area (Å²) in [6.07, 6.45) is 4.12. The first-order chi connectivity index (χ1) is 8.78. The number of fused-ring (bicyclic) bond motifs is 3. The van der Waals surface area contributed by atoms with Crippen molar-refractivity contribution >= 4 is 11.8 Å². The maximum atomic E-state index is 9.48. The van der Waals surface area contributed by atoms with Gasteiger partial charge >= 0.3 is 0 Å². The van der Waals surface area contributed by atoms with Gasteiger partial charge in [0.15, 0.2) is 0 Å². The van der Waals surface area contributed by atoms with Crippen LogP contribution in [0.2, 0.25) is 0 Å². The molecule has 0 aromatic heterocycles. The number of hydrogen-bond donors (Lipinski definition) is 2. The Labute approximate surface area is 106 Å². The molecule has 3 heterocycles. The Balaban J connectivity index is 1.99. The van der Waals surface area contributed by atoms with E-state index in [2.05, 4.69) is 10.1 Å². The van der Waals surface area contributed by atoms with Crippen LogP contribution in [0.5, 0.6) is 5.75 Å². The van der Waals surface area contributed by atoms with E-state index in [-0.39, 0.29) is 5.75 Å². The highest BCUT2D eigenvalue weighted by Gasteiger charge is 2.35. The Bertz CT molecular complexity index is 514. The first-order valence-electron chi connectivity index (χ1n) is 6.26. The van der Waals surface area contributed by atoms with Crippen molar-refractivity contribution in [3.63, 3.8) is 0 Å². The number of aromatic hydroxyl groups is 1. The Morgan fingerprint density at radius 3 is 2.72 bits per heavy atom. The Morgan fingerprint density at radius 1 is 1.28 bits per heavy atom. The molecule has 0 unspecified atom stereocenters. The van der Waals surface area contributed by atoms with E-state index in [1.54, 1.807) is 12.1 Å². The Hall–Kier alpha value is -1.97. The lowest BCUT2D eigenvalue weighted by Crippen LogP contribution is -2.46. The number of hydrogen-bond acceptors (Lipinski definition) is 4. The highest BCUT2D eigenvalue weighted by Crippen LogP contribution is 2.33. The van der Waals surface area contributed by atoms with Crippen molar-refractivity contribution in [2.24, 2.45) is 11.1 Å². The lowest BCUT2D eigenvalue weighted by molar-refractivity contribution is 0.229. The molecule has 1 aromatic carbocycles. The molecule has 3 aliphatic heterocycles. The van der Waals surface area contributed by atoms with Gasteiger partial charge in [0.1, 0.15) is 11.5 Å². The predicted octanol–water partition coefficient (Wildman–Crippen LogP) is 2.29. The number of nitrogens with zero attached hydrogens (tertiary/aromatic N) is 2. The van der Waals surface area contributed by atoms with Gasteiger partial charge < -0.3 is 15.2 Å². The average Bonchev–Trinajstić information content (AvgIpc) is 2.40. The number of rotatable bonds is 1. The summed E-state index contributed by atoms with van der Waals surface area (Å²) in [6, 6.07) is 7.11. The third-order valence-electron chi connectivity index (χ3n) is 3.77. The van der Waals surface area contributed by atoms with Crippen molar-refractivity contribution in [3.8, 4) is 5.75 Å². The summed E-state index contributed by atoms with van der Waals surface area (Å²) in [5.74, 6) is 0.631. The molecule has 0 aliphatic carbocycles. The van der Waals surface area contributed by atoms with Crippen LogP contribution >= 0.6 is 0 Å². The van der Waals surface area contributed by atoms with Gasteiger partial charge in [-0.1, -0.05) is 17.3 Å². The Morgan fingerprint density at radius 2 is 2.06 bits per heavy atom. The molecule has 4 nitrogen and oxygen atoms in total. The Kier molecular flexibility index (Phi) is 2.70. The lowest BCUT2D eigenvalue weighted by atomic mass is 9.83. The molecule has 2 bridgehead atoms. The van der Waals surface area contributed by atoms with Crippen molar-refractivity contribution in [2.45, 2.75) is 12.8 Å². The van der Waals surface area contributed by atoms with Crippen LogP contribution in [-0.2, 0) is 0 Å². The second-order valence-corrected chi connectivity index (χ2v) is 4.87. The SMILES string of the molecule is ON=C1C(=Cc2cccc(O)c2)N2CCC1CC2. The normalized spacial score (nSPS) is 24.1. The molecule has 2 N–H and O–H groups in total. The molecule has 0 amide bonds. The van der Waals surface area contributed by atoms with Crippen LogP contribution in [0.25, 0.3) is 6.08 Å². The monoisotopic (exact) mass is 244 g/mol. The van der Waals surface area contributed by atoms with Gasteiger partial charge in [-0.15, -0.1) is 0 Å². The number of phenolic OH excluding ortho intramolecular Hbond substituents is 1. The van der Waals surface area contributed by atoms with Crippen LogP contribution in [0.15, 0.2) is 35.1 Å². The zero-order valence-electron chi connectivity index (χ0n) is 10.1. The zero-order chi connectivity index (χ0) is 12.5. The average molecular weight is 244 g/mol. The van der Waals surface area contributed by atoms with Crippen molar-refractivity contribution in [2.75, 3.05) is 13.1 Å². The van der Waals surface area contributed by atoms with Gasteiger partial charge in [0.25, 0.3) is 0 Å². The molecule has 0 spiro atoms. The fourth-order valence-corrected chi connectivity index (χ4v) is 2.84. The molecule has 1 aromatic rings. The van der Waals surface area contributed by atoms with E-state index in [0.717, 1.165) is 42.9 Å². The highest BCUT2D eigenvalue weighted by molar-refractivity contribution is 6.05. The molecule has 94 valence electrons. The number of benzene rings is 1. The molecule has 3 fully saturated rings. The number of piperidine rings is 3. The third kappa shape index (κ3) is 1.83. The smallest absolute Gasteiger partial charge is 0.116 e. The van der Waals surface area contributed by atoms with E-state index in [1.807, 2.05) is 18.2 Å². The van der Waals surface area contributed by atoms with E-state index in [4.69, 9.17) is 0 Å². The number of oxime groups is 1. The number of phenols is 1. The molecular weight excluding hydrogens is 228 g/mol. The molecule has 0 atom stereocenters. The lowest BCUT2D eigenvalue weighted by Gasteiger charge is -2.42. The van der Waals surface area contributed by atoms with E-state index in [9.17, 15) is 10.3 Å². The van der Waals surface area contributed by atoms with Crippen LogP contribution in [0.3, 0.4) is 0 Å². The molecule has 18 heavy (non-hydrogen) atoms. The summed E-state index contributed by atoms with van der Waals surface area (Å²) < 4.78 is 0. The third-order valence-corrected chi connectivity index (χ3v) is 3.77. The second-order valence-electron chi connectivity index (χ2n) is 4.87. The summed E-state index contributed by atoms with van der Waals surface area (Å²) in [5, 5.41) is 22.1. The maximum absolute atomic E-state index is 9.48. The van der Waals surface area contributed by atoms with Crippen molar-refractivity contribution in [1.29, 1.82) is 0 Å². The maximum Gasteiger partial charge on any atom is 0.116 e.